The molecule has 1 saturated heterocycles. The van der Waals surface area contributed by atoms with Gasteiger partial charge in [0.15, 0.2) is 5.96 Å². The van der Waals surface area contributed by atoms with E-state index in [9.17, 15) is 9.90 Å². The minimum atomic E-state index is -0.0441. The topological polar surface area (TPSA) is 95.0 Å². The third-order valence-corrected chi connectivity index (χ3v) is 4.97. The number of amides is 1. The number of hydrogen-bond acceptors (Lipinski definition) is 4. The molecule has 1 aliphatic heterocycles. The van der Waals surface area contributed by atoms with E-state index in [-0.39, 0.29) is 47.8 Å². The van der Waals surface area contributed by atoms with Gasteiger partial charge in [-0.05, 0) is 37.5 Å². The molecule has 1 aromatic carbocycles. The minimum Gasteiger partial charge on any atom is -0.396 e. The molecule has 0 aromatic heterocycles. The minimum absolute atomic E-state index is 0. The number of anilines is 1. The second-order valence-corrected chi connectivity index (χ2v) is 7.67. The Kier molecular flexibility index (Phi) is 11.5. The Balaban J connectivity index is 0.00000420. The number of ether oxygens (including phenoxy) is 1. The molecule has 1 amide bonds. The maximum Gasteiger partial charge on any atom is 0.226 e. The van der Waals surface area contributed by atoms with Gasteiger partial charge in [-0.25, -0.2) is 4.99 Å². The predicted molar refractivity (Wildman–Crippen MR) is 128 cm³/mol. The first-order chi connectivity index (χ1) is 13.5. The normalized spacial score (nSPS) is 19.0. The molecule has 1 aromatic rings. The molecule has 0 bridgehead atoms. The smallest absolute Gasteiger partial charge is 0.226 e. The van der Waals surface area contributed by atoms with E-state index < -0.39 is 0 Å². The lowest BCUT2D eigenvalue weighted by Crippen LogP contribution is -2.44. The van der Waals surface area contributed by atoms with Gasteiger partial charge in [-0.2, -0.15) is 0 Å². The molecule has 0 radical (unpaired) electrons. The van der Waals surface area contributed by atoms with Crippen LogP contribution in [0.15, 0.2) is 29.3 Å². The van der Waals surface area contributed by atoms with E-state index >= 15 is 0 Å². The average molecular weight is 518 g/mol. The summed E-state index contributed by atoms with van der Waals surface area (Å²) in [6.07, 6.45) is 1.67. The van der Waals surface area contributed by atoms with E-state index in [4.69, 9.17) is 4.74 Å². The lowest BCUT2D eigenvalue weighted by molar-refractivity contribution is -0.118. The van der Waals surface area contributed by atoms with Crippen molar-refractivity contribution in [2.24, 2.45) is 16.3 Å². The van der Waals surface area contributed by atoms with E-state index in [1.165, 1.54) is 0 Å². The van der Waals surface area contributed by atoms with Gasteiger partial charge in [-0.1, -0.05) is 26.0 Å². The molecule has 0 spiro atoms. The van der Waals surface area contributed by atoms with E-state index in [0.29, 0.717) is 13.2 Å². The Hall–Kier alpha value is -1.39. The van der Waals surface area contributed by atoms with E-state index in [2.05, 4.69) is 20.9 Å². The summed E-state index contributed by atoms with van der Waals surface area (Å²) in [7, 11) is 0. The number of carbonyl (C=O) groups is 1. The van der Waals surface area contributed by atoms with Gasteiger partial charge < -0.3 is 25.8 Å². The van der Waals surface area contributed by atoms with Crippen molar-refractivity contribution in [3.05, 3.63) is 29.8 Å². The van der Waals surface area contributed by atoms with Crippen molar-refractivity contribution in [3.8, 4) is 0 Å². The monoisotopic (exact) mass is 518 g/mol. The van der Waals surface area contributed by atoms with Crippen LogP contribution in [0.25, 0.3) is 0 Å². The van der Waals surface area contributed by atoms with Gasteiger partial charge in [0.1, 0.15) is 0 Å². The number of aliphatic hydroxyl groups excluding tert-OH is 1. The van der Waals surface area contributed by atoms with E-state index in [0.717, 1.165) is 49.7 Å². The van der Waals surface area contributed by atoms with Gasteiger partial charge in [0, 0.05) is 43.3 Å². The highest BCUT2D eigenvalue weighted by Gasteiger charge is 2.34. The number of nitrogens with zero attached hydrogens (tertiary/aromatic N) is 1. The van der Waals surface area contributed by atoms with Gasteiger partial charge in [0.2, 0.25) is 5.91 Å². The SMILES string of the molecule is CCNC(=NCc1ccc(NC(=O)C(C)C)cc1)NCC1(CCO)CCOC1.I. The standard InChI is InChI=1S/C21H34N4O3.HI/c1-4-22-20(24-14-21(9-11-26)10-12-28-15-21)23-13-17-5-7-18(8-6-17)25-19(27)16(2)3;/h5-8,16,26H,4,9-15H2,1-3H3,(H,25,27)(H2,22,23,24);1H. The molecule has 8 heteroatoms. The first kappa shape index (κ1) is 25.6. The summed E-state index contributed by atoms with van der Waals surface area (Å²) >= 11 is 0. The molecule has 29 heavy (non-hydrogen) atoms. The van der Waals surface area contributed by atoms with Crippen LogP contribution in [0.1, 0.15) is 39.2 Å². The summed E-state index contributed by atoms with van der Waals surface area (Å²) in [5.41, 5.74) is 1.83. The van der Waals surface area contributed by atoms with Crippen molar-refractivity contribution in [2.45, 2.75) is 40.2 Å². The zero-order valence-corrected chi connectivity index (χ0v) is 20.0. The molecule has 0 aliphatic carbocycles. The van der Waals surface area contributed by atoms with Crippen LogP contribution >= 0.6 is 24.0 Å². The molecule has 1 unspecified atom stereocenters. The Labute approximate surface area is 191 Å². The van der Waals surface area contributed by atoms with Crippen LogP contribution in [0.5, 0.6) is 0 Å². The van der Waals surface area contributed by atoms with Gasteiger partial charge in [0.25, 0.3) is 0 Å². The van der Waals surface area contributed by atoms with Crippen LogP contribution in [0.2, 0.25) is 0 Å². The molecule has 2 rings (SSSR count). The Bertz CT molecular complexity index is 644. The Morgan fingerprint density at radius 3 is 2.55 bits per heavy atom. The number of carbonyl (C=O) groups excluding carboxylic acids is 1. The Morgan fingerprint density at radius 2 is 2.00 bits per heavy atom. The third kappa shape index (κ3) is 8.47. The second kappa shape index (κ2) is 13.0. The van der Waals surface area contributed by atoms with Crippen molar-refractivity contribution in [2.75, 3.05) is 38.2 Å². The molecule has 0 saturated carbocycles. The van der Waals surface area contributed by atoms with Crippen molar-refractivity contribution in [1.29, 1.82) is 0 Å². The van der Waals surface area contributed by atoms with Crippen LogP contribution in [0.3, 0.4) is 0 Å². The number of benzene rings is 1. The predicted octanol–water partition coefficient (Wildman–Crippen LogP) is 2.74. The number of hydrogen-bond donors (Lipinski definition) is 4. The highest BCUT2D eigenvalue weighted by Crippen LogP contribution is 2.31. The fourth-order valence-electron chi connectivity index (χ4n) is 3.08. The van der Waals surface area contributed by atoms with Gasteiger partial charge >= 0.3 is 0 Å². The second-order valence-electron chi connectivity index (χ2n) is 7.67. The summed E-state index contributed by atoms with van der Waals surface area (Å²) in [5, 5.41) is 18.9. The molecular formula is C21H35IN4O3. The lowest BCUT2D eigenvalue weighted by Gasteiger charge is -2.27. The first-order valence-corrected chi connectivity index (χ1v) is 10.1. The average Bonchev–Trinajstić information content (AvgIpc) is 3.14. The third-order valence-electron chi connectivity index (χ3n) is 4.97. The largest absolute Gasteiger partial charge is 0.396 e. The van der Waals surface area contributed by atoms with Gasteiger partial charge in [0.05, 0.1) is 13.2 Å². The van der Waals surface area contributed by atoms with Crippen LogP contribution in [-0.2, 0) is 16.1 Å². The van der Waals surface area contributed by atoms with Gasteiger partial charge in [-0.3, -0.25) is 4.79 Å². The van der Waals surface area contributed by atoms with Crippen molar-refractivity contribution < 1.29 is 14.6 Å². The molecule has 7 nitrogen and oxygen atoms in total. The van der Waals surface area contributed by atoms with Gasteiger partial charge in [-0.15, -0.1) is 24.0 Å². The zero-order chi connectivity index (χ0) is 20.4. The first-order valence-electron chi connectivity index (χ1n) is 10.1. The number of nitrogens with one attached hydrogen (secondary N) is 3. The summed E-state index contributed by atoms with van der Waals surface area (Å²) in [5.74, 6) is 0.721. The maximum absolute atomic E-state index is 11.8. The fraction of sp³-hybridized carbons (Fsp3) is 0.619. The summed E-state index contributed by atoms with van der Waals surface area (Å²) in [6.45, 7) is 9.39. The number of aliphatic imine (C=N–C) groups is 1. The fourth-order valence-corrected chi connectivity index (χ4v) is 3.08. The summed E-state index contributed by atoms with van der Waals surface area (Å²) in [6, 6.07) is 7.75. The highest BCUT2D eigenvalue weighted by atomic mass is 127. The van der Waals surface area contributed by atoms with E-state index in [1.807, 2.05) is 45.0 Å². The lowest BCUT2D eigenvalue weighted by atomic mass is 9.84. The van der Waals surface area contributed by atoms with Crippen LogP contribution in [-0.4, -0.2) is 49.9 Å². The van der Waals surface area contributed by atoms with Crippen LogP contribution in [0.4, 0.5) is 5.69 Å². The highest BCUT2D eigenvalue weighted by molar-refractivity contribution is 14.0. The number of guanidine groups is 1. The maximum atomic E-state index is 11.8. The summed E-state index contributed by atoms with van der Waals surface area (Å²) < 4.78 is 5.55. The number of halogens is 1. The quantitative estimate of drug-likeness (QED) is 0.229. The van der Waals surface area contributed by atoms with Crippen molar-refractivity contribution >= 4 is 41.5 Å². The van der Waals surface area contributed by atoms with Crippen LogP contribution < -0.4 is 16.0 Å². The molecule has 1 heterocycles. The number of rotatable bonds is 9. The molecule has 1 atom stereocenters. The molecule has 1 fully saturated rings. The Morgan fingerprint density at radius 1 is 1.28 bits per heavy atom. The molecular weight excluding hydrogens is 483 g/mol. The van der Waals surface area contributed by atoms with Crippen molar-refractivity contribution in [1.82, 2.24) is 10.6 Å². The molecule has 4 N–H and O–H groups in total. The van der Waals surface area contributed by atoms with E-state index in [1.54, 1.807) is 0 Å². The molecule has 1 aliphatic rings. The van der Waals surface area contributed by atoms with Crippen LogP contribution in [0, 0.1) is 11.3 Å². The summed E-state index contributed by atoms with van der Waals surface area (Å²) in [4.78, 5) is 16.4. The zero-order valence-electron chi connectivity index (χ0n) is 17.7. The molecule has 164 valence electrons. The van der Waals surface area contributed by atoms with Crippen molar-refractivity contribution in [3.63, 3.8) is 0 Å². The number of aliphatic hydroxyl groups is 1.